The zero-order valence-corrected chi connectivity index (χ0v) is 39.7. The average molecular weight is 944 g/mol. The van der Waals surface area contributed by atoms with Crippen molar-refractivity contribution in [2.45, 2.75) is 65.3 Å². The number of aromatic nitrogens is 4. The molecule has 2 saturated heterocycles. The monoisotopic (exact) mass is 942 g/mol. The number of carbonyl (C=O) groups is 1. The van der Waals surface area contributed by atoms with E-state index in [1.165, 1.54) is 16.7 Å². The van der Waals surface area contributed by atoms with Gasteiger partial charge < -0.3 is 45.7 Å². The van der Waals surface area contributed by atoms with Gasteiger partial charge in [0.05, 0.1) is 11.4 Å². The van der Waals surface area contributed by atoms with Crippen LogP contribution in [0.25, 0.3) is 22.5 Å². The number of anilines is 4. The summed E-state index contributed by atoms with van der Waals surface area (Å²) < 4.78 is 17.6. The second-order valence-electron chi connectivity index (χ2n) is 18.1. The predicted octanol–water partition coefficient (Wildman–Crippen LogP) is 8.58. The molecule has 348 valence electrons. The number of hydrogen-bond acceptors (Lipinski definition) is 13. The number of nitrogen functional groups attached to an aromatic ring is 2. The third-order valence-corrected chi connectivity index (χ3v) is 12.7. The first-order chi connectivity index (χ1) is 32.3. The largest absolute Gasteiger partial charge is 0.489 e. The van der Waals surface area contributed by atoms with Gasteiger partial charge in [0.1, 0.15) is 41.9 Å². The Kier molecular flexibility index (Phi) is 13.6. The highest BCUT2D eigenvalue weighted by atomic mass is 35.5. The Hall–Kier alpha value is -6.35. The molecule has 0 radical (unpaired) electrons. The van der Waals surface area contributed by atoms with Gasteiger partial charge in [-0.2, -0.15) is 9.97 Å². The second-order valence-corrected chi connectivity index (χ2v) is 19.0. The summed E-state index contributed by atoms with van der Waals surface area (Å²) in [4.78, 5) is 37.2. The zero-order valence-electron chi connectivity index (χ0n) is 38.2. The number of rotatable bonds is 8. The van der Waals surface area contributed by atoms with Crippen molar-refractivity contribution < 1.29 is 19.0 Å². The number of piperazine rings is 2. The van der Waals surface area contributed by atoms with Gasteiger partial charge >= 0.3 is 6.09 Å². The number of ether oxygens (including phenoxy) is 3. The lowest BCUT2D eigenvalue weighted by molar-refractivity contribution is 0.0240. The van der Waals surface area contributed by atoms with E-state index in [9.17, 15) is 4.79 Å². The van der Waals surface area contributed by atoms with Crippen LogP contribution in [0.1, 0.15) is 54.2 Å². The molecule has 14 nitrogen and oxygen atoms in total. The molecule has 4 aliphatic rings. The number of carbonyl (C=O) groups excluding carboxylic acids is 1. The van der Waals surface area contributed by atoms with Crippen LogP contribution in [-0.2, 0) is 43.6 Å². The average Bonchev–Trinajstić information content (AvgIpc) is 3.33. The second kappa shape index (κ2) is 19.9. The first kappa shape index (κ1) is 45.8. The molecule has 6 aromatic rings. The lowest BCUT2D eigenvalue weighted by Gasteiger charge is -2.37. The Morgan fingerprint density at radius 1 is 0.612 bits per heavy atom. The number of nitrogens with two attached hydrogens (primary N) is 2. The minimum atomic E-state index is -0.511. The summed E-state index contributed by atoms with van der Waals surface area (Å²) in [5.74, 6) is 4.11. The Balaban J connectivity index is 0.000000171. The third kappa shape index (κ3) is 10.9. The van der Waals surface area contributed by atoms with Crippen molar-refractivity contribution in [3.8, 4) is 34.0 Å². The van der Waals surface area contributed by atoms with Gasteiger partial charge in [0.25, 0.3) is 0 Å². The van der Waals surface area contributed by atoms with Crippen LogP contribution in [0.5, 0.6) is 11.5 Å². The predicted molar refractivity (Wildman–Crippen MR) is 265 cm³/mol. The van der Waals surface area contributed by atoms with E-state index >= 15 is 0 Å². The zero-order chi connectivity index (χ0) is 46.7. The number of benzene rings is 4. The summed E-state index contributed by atoms with van der Waals surface area (Å²) in [5, 5.41) is 4.83. The first-order valence-electron chi connectivity index (χ1n) is 22.9. The molecule has 2 aliphatic heterocycles. The molecule has 0 bridgehead atoms. The van der Waals surface area contributed by atoms with E-state index < -0.39 is 5.60 Å². The van der Waals surface area contributed by atoms with Crippen molar-refractivity contribution in [1.29, 1.82) is 0 Å². The van der Waals surface area contributed by atoms with Crippen molar-refractivity contribution in [3.05, 3.63) is 128 Å². The summed E-state index contributed by atoms with van der Waals surface area (Å²) in [7, 11) is 0. The van der Waals surface area contributed by atoms with Gasteiger partial charge in [-0.25, -0.2) is 14.8 Å². The normalized spacial score (nSPS) is 15.3. The molecule has 2 fully saturated rings. The maximum absolute atomic E-state index is 12.5. The van der Waals surface area contributed by atoms with Gasteiger partial charge in [0, 0.05) is 84.7 Å². The van der Waals surface area contributed by atoms with Gasteiger partial charge in [-0.05, 0) is 129 Å². The van der Waals surface area contributed by atoms with E-state index in [0.29, 0.717) is 50.4 Å². The highest BCUT2D eigenvalue weighted by Crippen LogP contribution is 2.40. The molecule has 0 unspecified atom stereocenters. The summed E-state index contributed by atoms with van der Waals surface area (Å²) in [6, 6.07) is 27.7. The Morgan fingerprint density at radius 3 is 1.51 bits per heavy atom. The smallest absolute Gasteiger partial charge is 0.410 e. The van der Waals surface area contributed by atoms with Crippen LogP contribution in [0.3, 0.4) is 0 Å². The molecule has 10 rings (SSSR count). The number of amides is 1. The Bertz CT molecular complexity index is 2740. The maximum Gasteiger partial charge on any atom is 0.410 e. The lowest BCUT2D eigenvalue weighted by Crippen LogP contribution is -2.50. The first-order valence-corrected chi connectivity index (χ1v) is 23.6. The fourth-order valence-electron chi connectivity index (χ4n) is 8.92. The van der Waals surface area contributed by atoms with Gasteiger partial charge in [-0.3, -0.25) is 0 Å². The highest BCUT2D eigenvalue weighted by molar-refractivity contribution is 6.30. The molecule has 2 aromatic heterocycles. The number of nitrogens with zero attached hydrogens (tertiary/aromatic N) is 7. The number of aryl methyl sites for hydroxylation is 2. The topological polar surface area (TPSA) is 170 Å². The minimum Gasteiger partial charge on any atom is -0.489 e. The van der Waals surface area contributed by atoms with Crippen LogP contribution < -0.4 is 36.1 Å². The lowest BCUT2D eigenvalue weighted by atomic mass is 9.88. The molecule has 4 heterocycles. The van der Waals surface area contributed by atoms with E-state index in [0.717, 1.165) is 119 Å². The maximum atomic E-state index is 12.5. The Morgan fingerprint density at radius 2 is 1.06 bits per heavy atom. The van der Waals surface area contributed by atoms with Crippen molar-refractivity contribution in [1.82, 2.24) is 30.2 Å². The molecule has 0 spiro atoms. The fraction of sp³-hybridized carbons (Fsp3) is 0.353. The highest BCUT2D eigenvalue weighted by Gasteiger charge is 2.31. The van der Waals surface area contributed by atoms with Gasteiger partial charge in [0.2, 0.25) is 11.9 Å². The van der Waals surface area contributed by atoms with Crippen molar-refractivity contribution in [2.75, 3.05) is 73.6 Å². The third-order valence-electron chi connectivity index (χ3n) is 12.2. The summed E-state index contributed by atoms with van der Waals surface area (Å²) >= 11 is 11.9. The molecular formula is C51H56Cl2N10O4. The molecule has 5 N–H and O–H groups in total. The standard InChI is InChI=1S/C28H32ClN5O3.C23H24ClN5O/c1-28(2,3)37-27(35)34-14-12-33(13-15-34)25-23-10-6-19-16-21(36-17-18-4-7-20(29)8-5-18)9-11-22(19)24(23)31-26(30)32-25;24-17-4-1-15(2-5-17)14-30-18-6-8-19-16(13-18)3-7-20-21(19)27-23(25)28-22(20)29-11-9-26-10-12-29/h4-5,7-9,11,16H,6,10,12-15,17H2,1-3H3,(H2,30,31,32);1-2,4-6,8,13,26H,3,7,9-12,14H2,(H2,25,27,28). The van der Waals surface area contributed by atoms with E-state index in [-0.39, 0.29) is 12.0 Å². The summed E-state index contributed by atoms with van der Waals surface area (Å²) in [6.07, 6.45) is 3.23. The van der Waals surface area contributed by atoms with E-state index in [1.54, 1.807) is 4.90 Å². The van der Waals surface area contributed by atoms with Gasteiger partial charge in [-0.15, -0.1) is 0 Å². The number of fused-ring (bicyclic) bond motifs is 6. The van der Waals surface area contributed by atoms with Crippen LogP contribution in [0.4, 0.5) is 28.3 Å². The molecule has 0 saturated carbocycles. The van der Waals surface area contributed by atoms with Crippen LogP contribution in [0, 0.1) is 0 Å². The van der Waals surface area contributed by atoms with Crippen molar-refractivity contribution in [3.63, 3.8) is 0 Å². The van der Waals surface area contributed by atoms with Crippen molar-refractivity contribution in [2.24, 2.45) is 0 Å². The van der Waals surface area contributed by atoms with E-state index in [4.69, 9.17) is 48.9 Å². The minimum absolute atomic E-state index is 0.249. The number of nitrogens with one attached hydrogen (secondary N) is 1. The molecule has 4 aromatic carbocycles. The Labute approximate surface area is 401 Å². The van der Waals surface area contributed by atoms with Gasteiger partial charge in [0.15, 0.2) is 0 Å². The quantitative estimate of drug-likeness (QED) is 0.133. The number of halogens is 2. The van der Waals surface area contributed by atoms with E-state index in [1.807, 2.05) is 81.4 Å². The summed E-state index contributed by atoms with van der Waals surface area (Å²) in [6.45, 7) is 12.9. The molecule has 1 amide bonds. The van der Waals surface area contributed by atoms with Crippen LogP contribution in [0.2, 0.25) is 10.0 Å². The van der Waals surface area contributed by atoms with Crippen molar-refractivity contribution >= 4 is 52.8 Å². The van der Waals surface area contributed by atoms with E-state index in [2.05, 4.69) is 59.3 Å². The molecule has 16 heteroatoms. The molecule has 67 heavy (non-hydrogen) atoms. The van der Waals surface area contributed by atoms with Crippen LogP contribution in [-0.4, -0.2) is 88.9 Å². The molecular weight excluding hydrogens is 888 g/mol. The number of hydrogen-bond donors (Lipinski definition) is 3. The van der Waals surface area contributed by atoms with Crippen LogP contribution >= 0.6 is 23.2 Å². The van der Waals surface area contributed by atoms with Crippen LogP contribution in [0.15, 0.2) is 84.9 Å². The molecule has 0 atom stereocenters. The SMILES string of the molecule is CC(C)(C)OC(=O)N1CCN(c2nc(N)nc3c2CCc2cc(OCc4ccc(Cl)cc4)ccc2-3)CC1.Nc1nc2c(c(N3CCNCC3)n1)CCc1cc(OCc3ccc(Cl)cc3)ccc1-2. The molecule has 2 aliphatic carbocycles. The van der Waals surface area contributed by atoms with Gasteiger partial charge in [-0.1, -0.05) is 47.5 Å². The fourth-order valence-corrected chi connectivity index (χ4v) is 9.17. The summed E-state index contributed by atoms with van der Waals surface area (Å²) in [5.41, 5.74) is 22.7.